The lowest BCUT2D eigenvalue weighted by Gasteiger charge is -2.14. The van der Waals surface area contributed by atoms with Crippen LogP contribution in [0.5, 0.6) is 5.75 Å². The molecule has 2 N–H and O–H groups in total. The van der Waals surface area contributed by atoms with Crippen LogP contribution in [0, 0.1) is 5.82 Å². The molecule has 2 heterocycles. The van der Waals surface area contributed by atoms with E-state index in [9.17, 15) is 9.18 Å². The first-order valence-electron chi connectivity index (χ1n) is 8.59. The minimum Gasteiger partial charge on any atom is -0.494 e. The predicted octanol–water partition coefficient (Wildman–Crippen LogP) is 2.03. The highest BCUT2D eigenvalue weighted by Gasteiger charge is 2.15. The summed E-state index contributed by atoms with van der Waals surface area (Å²) in [5, 5.41) is 0.815. The summed E-state index contributed by atoms with van der Waals surface area (Å²) in [6, 6.07) is 12.3. The Morgan fingerprint density at radius 2 is 2.04 bits per heavy atom. The molecule has 0 aliphatic rings. The molecule has 0 amide bonds. The molecule has 27 heavy (non-hydrogen) atoms. The van der Waals surface area contributed by atoms with Crippen molar-refractivity contribution in [2.75, 3.05) is 14.2 Å². The highest BCUT2D eigenvalue weighted by atomic mass is 19.1. The van der Waals surface area contributed by atoms with Gasteiger partial charge in [0.1, 0.15) is 24.2 Å². The lowest BCUT2D eigenvalue weighted by atomic mass is 10.2. The van der Waals surface area contributed by atoms with Crippen molar-refractivity contribution < 1.29 is 18.4 Å². The number of halogens is 1. The third-order valence-electron chi connectivity index (χ3n) is 4.47. The third kappa shape index (κ3) is 3.29. The van der Waals surface area contributed by atoms with Gasteiger partial charge < -0.3 is 19.0 Å². The second-order valence-corrected chi connectivity index (χ2v) is 6.57. The number of aromatic amines is 1. The molecular weight excluding hydrogens is 349 g/mol. The summed E-state index contributed by atoms with van der Waals surface area (Å²) in [6.07, 6.45) is 0. The number of para-hydroxylation sites is 1. The molecule has 0 spiro atoms. The molecule has 7 heteroatoms. The second kappa shape index (κ2) is 6.85. The fourth-order valence-electron chi connectivity index (χ4n) is 3.25. The van der Waals surface area contributed by atoms with Crippen molar-refractivity contribution >= 4 is 22.1 Å². The SMILES string of the molecule is COc1ccc(C[NH+](C)Cc2nc3c(oc4ccccc43)c(=O)[nH]2)cc1F. The van der Waals surface area contributed by atoms with E-state index in [-0.39, 0.29) is 22.7 Å². The quantitative estimate of drug-likeness (QED) is 0.565. The molecule has 0 aliphatic heterocycles. The van der Waals surface area contributed by atoms with Crippen LogP contribution in [0.2, 0.25) is 0 Å². The van der Waals surface area contributed by atoms with Gasteiger partial charge in [0.25, 0.3) is 5.56 Å². The molecule has 138 valence electrons. The number of nitrogens with one attached hydrogen (secondary N) is 2. The number of quaternary nitrogens is 1. The summed E-state index contributed by atoms with van der Waals surface area (Å²) in [6.45, 7) is 1.06. The number of fused-ring (bicyclic) bond motifs is 3. The van der Waals surface area contributed by atoms with Gasteiger partial charge in [0, 0.05) is 10.9 Å². The van der Waals surface area contributed by atoms with Crippen molar-refractivity contribution in [3.63, 3.8) is 0 Å². The Hall–Kier alpha value is -3.19. The Balaban J connectivity index is 1.60. The number of furan rings is 1. The van der Waals surface area contributed by atoms with E-state index in [0.717, 1.165) is 15.8 Å². The lowest BCUT2D eigenvalue weighted by molar-refractivity contribution is -0.908. The van der Waals surface area contributed by atoms with Gasteiger partial charge in [-0.25, -0.2) is 9.37 Å². The highest BCUT2D eigenvalue weighted by molar-refractivity contribution is 6.01. The normalized spacial score (nSPS) is 12.6. The van der Waals surface area contributed by atoms with Crippen molar-refractivity contribution in [3.05, 3.63) is 70.0 Å². The smallest absolute Gasteiger partial charge is 0.294 e. The molecule has 0 aliphatic carbocycles. The van der Waals surface area contributed by atoms with Gasteiger partial charge in [-0.2, -0.15) is 0 Å². The van der Waals surface area contributed by atoms with Crippen LogP contribution < -0.4 is 15.2 Å². The molecule has 6 nitrogen and oxygen atoms in total. The van der Waals surface area contributed by atoms with Crippen LogP contribution in [-0.4, -0.2) is 24.1 Å². The minimum absolute atomic E-state index is 0.222. The summed E-state index contributed by atoms with van der Waals surface area (Å²) in [5.41, 5.74) is 1.97. The number of aromatic nitrogens is 2. The Bertz CT molecular complexity index is 1180. The first kappa shape index (κ1) is 17.2. The van der Waals surface area contributed by atoms with E-state index in [4.69, 9.17) is 9.15 Å². The Kier molecular flexibility index (Phi) is 4.37. The van der Waals surface area contributed by atoms with Crippen LogP contribution in [0.1, 0.15) is 11.4 Å². The maximum absolute atomic E-state index is 13.9. The minimum atomic E-state index is -0.388. The predicted molar refractivity (Wildman–Crippen MR) is 99.4 cm³/mol. The first-order valence-corrected chi connectivity index (χ1v) is 8.59. The number of ether oxygens (including phenoxy) is 1. The number of benzene rings is 2. The van der Waals surface area contributed by atoms with Gasteiger partial charge >= 0.3 is 0 Å². The summed E-state index contributed by atoms with van der Waals surface area (Å²) >= 11 is 0. The zero-order chi connectivity index (χ0) is 19.0. The van der Waals surface area contributed by atoms with E-state index in [1.54, 1.807) is 6.07 Å². The number of rotatable bonds is 5. The Labute approximate surface area is 154 Å². The van der Waals surface area contributed by atoms with E-state index in [2.05, 4.69) is 9.97 Å². The topological polar surface area (TPSA) is 72.6 Å². The zero-order valence-electron chi connectivity index (χ0n) is 15.0. The number of methoxy groups -OCH3 is 1. The zero-order valence-corrected chi connectivity index (χ0v) is 15.0. The van der Waals surface area contributed by atoms with Crippen molar-refractivity contribution in [2.24, 2.45) is 0 Å². The Morgan fingerprint density at radius 1 is 1.22 bits per heavy atom. The average Bonchev–Trinajstić information content (AvgIpc) is 3.01. The molecule has 0 saturated carbocycles. The molecular formula is C20H19FN3O3+. The fourth-order valence-corrected chi connectivity index (χ4v) is 3.25. The van der Waals surface area contributed by atoms with Gasteiger partial charge in [0.2, 0.25) is 5.58 Å². The molecule has 4 aromatic rings. The van der Waals surface area contributed by atoms with Crippen LogP contribution in [-0.2, 0) is 13.1 Å². The largest absolute Gasteiger partial charge is 0.494 e. The summed E-state index contributed by atoms with van der Waals surface area (Å²) in [5.74, 6) is 0.394. The molecule has 0 bridgehead atoms. The molecule has 0 radical (unpaired) electrons. The van der Waals surface area contributed by atoms with Gasteiger partial charge in [-0.3, -0.25) is 4.79 Å². The highest BCUT2D eigenvalue weighted by Crippen LogP contribution is 2.24. The maximum atomic E-state index is 13.9. The van der Waals surface area contributed by atoms with Gasteiger partial charge in [-0.1, -0.05) is 12.1 Å². The average molecular weight is 368 g/mol. The van der Waals surface area contributed by atoms with Crippen LogP contribution in [0.4, 0.5) is 4.39 Å². The van der Waals surface area contributed by atoms with Crippen LogP contribution in [0.3, 0.4) is 0 Å². The van der Waals surface area contributed by atoms with Crippen molar-refractivity contribution in [2.45, 2.75) is 13.1 Å². The maximum Gasteiger partial charge on any atom is 0.294 e. The molecule has 0 fully saturated rings. The molecule has 1 unspecified atom stereocenters. The summed E-state index contributed by atoms with van der Waals surface area (Å²) in [4.78, 5) is 20.8. The lowest BCUT2D eigenvalue weighted by Crippen LogP contribution is -3.06. The summed E-state index contributed by atoms with van der Waals surface area (Å²) in [7, 11) is 3.40. The van der Waals surface area contributed by atoms with E-state index >= 15 is 0 Å². The number of H-pyrrole nitrogens is 1. The molecule has 2 aromatic heterocycles. The van der Waals surface area contributed by atoms with Gasteiger partial charge in [-0.15, -0.1) is 0 Å². The van der Waals surface area contributed by atoms with Gasteiger partial charge in [0.15, 0.2) is 17.4 Å². The van der Waals surface area contributed by atoms with Crippen molar-refractivity contribution in [1.82, 2.24) is 9.97 Å². The van der Waals surface area contributed by atoms with Crippen molar-refractivity contribution in [1.29, 1.82) is 0 Å². The molecule has 0 saturated heterocycles. The van der Waals surface area contributed by atoms with E-state index in [1.165, 1.54) is 13.2 Å². The van der Waals surface area contributed by atoms with E-state index in [0.29, 0.717) is 30.0 Å². The second-order valence-electron chi connectivity index (χ2n) is 6.57. The summed E-state index contributed by atoms with van der Waals surface area (Å²) < 4.78 is 24.4. The van der Waals surface area contributed by atoms with Crippen LogP contribution in [0.15, 0.2) is 51.7 Å². The monoisotopic (exact) mass is 368 g/mol. The molecule has 4 rings (SSSR count). The standard InChI is InChI=1S/C20H18FN3O3/c1-24(10-12-7-8-16(26-2)14(21)9-12)11-17-22-18-13-5-3-4-6-15(13)27-19(18)20(25)23-17/h3-9H,10-11H2,1-2H3,(H,22,23,25)/p+1. The molecule has 1 atom stereocenters. The number of hydrogen-bond donors (Lipinski definition) is 2. The van der Waals surface area contributed by atoms with Gasteiger partial charge in [0.05, 0.1) is 14.2 Å². The first-order chi connectivity index (χ1) is 13.0. The van der Waals surface area contributed by atoms with Crippen molar-refractivity contribution in [3.8, 4) is 5.75 Å². The molecule has 2 aromatic carbocycles. The van der Waals surface area contributed by atoms with Gasteiger partial charge in [-0.05, 0) is 30.3 Å². The van der Waals surface area contributed by atoms with E-state index < -0.39 is 0 Å². The number of nitrogens with zero attached hydrogens (tertiary/aromatic N) is 1. The third-order valence-corrected chi connectivity index (χ3v) is 4.47. The van der Waals surface area contributed by atoms with Crippen LogP contribution in [0.25, 0.3) is 22.1 Å². The number of hydrogen-bond acceptors (Lipinski definition) is 4. The fraction of sp³-hybridized carbons (Fsp3) is 0.200. The van der Waals surface area contributed by atoms with E-state index in [1.807, 2.05) is 37.4 Å². The Morgan fingerprint density at radius 3 is 2.81 bits per heavy atom. The van der Waals surface area contributed by atoms with Crippen LogP contribution >= 0.6 is 0 Å².